The molecule has 0 radical (unpaired) electrons. The smallest absolute Gasteiger partial charge is 0.264 e. The van der Waals surface area contributed by atoms with Crippen molar-refractivity contribution in [2.75, 3.05) is 17.4 Å². The van der Waals surface area contributed by atoms with Gasteiger partial charge in [-0.15, -0.1) is 0 Å². The third-order valence-electron chi connectivity index (χ3n) is 6.51. The minimum absolute atomic E-state index is 0.0347. The number of carbonyl (C=O) groups is 2. The predicted octanol–water partition coefficient (Wildman–Crippen LogP) is 4.97. The third-order valence-corrected chi connectivity index (χ3v) is 8.29. The number of anilines is 1. The molecule has 0 saturated carbocycles. The molecule has 0 saturated heterocycles. The van der Waals surface area contributed by atoms with Crippen molar-refractivity contribution >= 4 is 27.5 Å². The first kappa shape index (κ1) is 29.8. The SMILES string of the molecule is CCCCNC(=O)[C@@H](C)N(Cc1ccccc1F)C(=O)CN(c1ccc(C)cc1)S(=O)(=O)c1ccc(C)cc1. The van der Waals surface area contributed by atoms with E-state index < -0.39 is 40.2 Å². The van der Waals surface area contributed by atoms with Crippen molar-refractivity contribution in [2.45, 2.75) is 58.0 Å². The molecule has 0 fully saturated rings. The molecule has 3 rings (SSSR count). The zero-order chi connectivity index (χ0) is 28.6. The molecule has 1 N–H and O–H groups in total. The molecule has 0 aromatic heterocycles. The molecule has 0 aliphatic heterocycles. The van der Waals surface area contributed by atoms with Crippen LogP contribution >= 0.6 is 0 Å². The number of rotatable bonds is 12. The summed E-state index contributed by atoms with van der Waals surface area (Å²) in [5, 5.41) is 2.81. The number of unbranched alkanes of at least 4 members (excludes halogenated alkanes) is 1. The second-order valence-corrected chi connectivity index (χ2v) is 11.5. The Morgan fingerprint density at radius 3 is 2.10 bits per heavy atom. The van der Waals surface area contributed by atoms with Crippen LogP contribution < -0.4 is 9.62 Å². The van der Waals surface area contributed by atoms with Gasteiger partial charge in [0.2, 0.25) is 11.8 Å². The predicted molar refractivity (Wildman–Crippen MR) is 151 cm³/mol. The number of amides is 2. The van der Waals surface area contributed by atoms with Crippen LogP contribution in [-0.4, -0.2) is 44.3 Å². The lowest BCUT2D eigenvalue weighted by atomic mass is 10.1. The highest BCUT2D eigenvalue weighted by Crippen LogP contribution is 2.25. The molecule has 0 bridgehead atoms. The zero-order valence-corrected chi connectivity index (χ0v) is 23.7. The maximum Gasteiger partial charge on any atom is 0.264 e. The first-order valence-corrected chi connectivity index (χ1v) is 14.4. The van der Waals surface area contributed by atoms with Gasteiger partial charge >= 0.3 is 0 Å². The lowest BCUT2D eigenvalue weighted by Crippen LogP contribution is -2.51. The van der Waals surface area contributed by atoms with Crippen molar-refractivity contribution in [1.29, 1.82) is 0 Å². The van der Waals surface area contributed by atoms with Gasteiger partial charge in [0, 0.05) is 18.7 Å². The average Bonchev–Trinajstić information content (AvgIpc) is 2.91. The second-order valence-electron chi connectivity index (χ2n) is 9.59. The summed E-state index contributed by atoms with van der Waals surface area (Å²) in [4.78, 5) is 28.0. The van der Waals surface area contributed by atoms with E-state index in [1.165, 1.54) is 29.2 Å². The van der Waals surface area contributed by atoms with E-state index >= 15 is 0 Å². The molecule has 0 aliphatic rings. The number of hydrogen-bond acceptors (Lipinski definition) is 4. The summed E-state index contributed by atoms with van der Waals surface area (Å²) >= 11 is 0. The fourth-order valence-corrected chi connectivity index (χ4v) is 5.42. The highest BCUT2D eigenvalue weighted by molar-refractivity contribution is 7.92. The van der Waals surface area contributed by atoms with Crippen LogP contribution in [0.3, 0.4) is 0 Å². The van der Waals surface area contributed by atoms with Crippen molar-refractivity contribution in [3.8, 4) is 0 Å². The number of halogens is 1. The van der Waals surface area contributed by atoms with Crippen molar-refractivity contribution in [2.24, 2.45) is 0 Å². The summed E-state index contributed by atoms with van der Waals surface area (Å²) in [6, 6.07) is 18.2. The molecule has 208 valence electrons. The van der Waals surface area contributed by atoms with Gasteiger partial charge in [0.05, 0.1) is 10.6 Å². The van der Waals surface area contributed by atoms with E-state index in [0.717, 1.165) is 28.3 Å². The number of sulfonamides is 1. The second kappa shape index (κ2) is 13.4. The van der Waals surface area contributed by atoms with Gasteiger partial charge in [0.1, 0.15) is 18.4 Å². The maximum absolute atomic E-state index is 14.6. The van der Waals surface area contributed by atoms with Gasteiger partial charge in [0.25, 0.3) is 10.0 Å². The Morgan fingerprint density at radius 1 is 0.923 bits per heavy atom. The number of nitrogens with zero attached hydrogens (tertiary/aromatic N) is 2. The van der Waals surface area contributed by atoms with Gasteiger partial charge in [-0.25, -0.2) is 12.8 Å². The molecule has 39 heavy (non-hydrogen) atoms. The number of hydrogen-bond donors (Lipinski definition) is 1. The summed E-state index contributed by atoms with van der Waals surface area (Å²) in [6.45, 7) is 6.97. The first-order valence-electron chi connectivity index (χ1n) is 13.0. The molecule has 1 atom stereocenters. The standard InChI is InChI=1S/C30H36FN3O4S/c1-5-6-19-32-30(36)24(4)33(20-25-9-7-8-10-28(25)31)29(35)21-34(26-15-11-22(2)12-16-26)39(37,38)27-17-13-23(3)14-18-27/h7-18,24H,5-6,19-21H2,1-4H3,(H,32,36)/t24-/m1/s1. The molecule has 0 heterocycles. The van der Waals surface area contributed by atoms with Crippen molar-refractivity contribution in [3.05, 3.63) is 95.3 Å². The molecular formula is C30H36FN3O4S. The van der Waals surface area contributed by atoms with Gasteiger partial charge in [-0.2, -0.15) is 0 Å². The van der Waals surface area contributed by atoms with Crippen molar-refractivity contribution in [3.63, 3.8) is 0 Å². The summed E-state index contributed by atoms with van der Waals surface area (Å²) in [5.74, 6) is -1.54. The third kappa shape index (κ3) is 7.66. The molecule has 0 unspecified atom stereocenters. The number of benzene rings is 3. The lowest BCUT2D eigenvalue weighted by Gasteiger charge is -2.32. The van der Waals surface area contributed by atoms with Gasteiger partial charge in [-0.05, 0) is 57.5 Å². The quantitative estimate of drug-likeness (QED) is 0.321. The lowest BCUT2D eigenvalue weighted by molar-refractivity contribution is -0.139. The van der Waals surface area contributed by atoms with Crippen LogP contribution in [0.4, 0.5) is 10.1 Å². The Balaban J connectivity index is 2.00. The van der Waals surface area contributed by atoms with E-state index in [1.807, 2.05) is 20.8 Å². The van der Waals surface area contributed by atoms with E-state index in [4.69, 9.17) is 0 Å². The van der Waals surface area contributed by atoms with Gasteiger partial charge in [0.15, 0.2) is 0 Å². The van der Waals surface area contributed by atoms with Crippen LogP contribution in [0.2, 0.25) is 0 Å². The van der Waals surface area contributed by atoms with Crippen LogP contribution in [0.1, 0.15) is 43.4 Å². The highest BCUT2D eigenvalue weighted by atomic mass is 32.2. The van der Waals surface area contributed by atoms with Crippen LogP contribution in [0.15, 0.2) is 77.7 Å². The van der Waals surface area contributed by atoms with E-state index in [9.17, 15) is 22.4 Å². The monoisotopic (exact) mass is 553 g/mol. The number of aryl methyl sites for hydroxylation is 2. The largest absolute Gasteiger partial charge is 0.354 e. The molecular weight excluding hydrogens is 517 g/mol. The van der Waals surface area contributed by atoms with Crippen LogP contribution in [0.25, 0.3) is 0 Å². The molecule has 3 aromatic carbocycles. The Bertz CT molecular complexity index is 1380. The summed E-state index contributed by atoms with van der Waals surface area (Å²) in [7, 11) is -4.15. The number of nitrogens with one attached hydrogen (secondary N) is 1. The first-order chi connectivity index (χ1) is 18.5. The highest BCUT2D eigenvalue weighted by Gasteiger charge is 2.32. The molecule has 9 heteroatoms. The summed E-state index contributed by atoms with van der Waals surface area (Å²) < 4.78 is 43.2. The Morgan fingerprint density at radius 2 is 1.51 bits per heavy atom. The van der Waals surface area contributed by atoms with Crippen LogP contribution in [0, 0.1) is 19.7 Å². The minimum Gasteiger partial charge on any atom is -0.354 e. The zero-order valence-electron chi connectivity index (χ0n) is 22.9. The number of carbonyl (C=O) groups excluding carboxylic acids is 2. The van der Waals surface area contributed by atoms with E-state index in [2.05, 4.69) is 5.32 Å². The van der Waals surface area contributed by atoms with E-state index in [0.29, 0.717) is 12.2 Å². The van der Waals surface area contributed by atoms with Crippen molar-refractivity contribution in [1.82, 2.24) is 10.2 Å². The van der Waals surface area contributed by atoms with Crippen LogP contribution in [-0.2, 0) is 26.2 Å². The molecule has 3 aromatic rings. The Hall–Kier alpha value is -3.72. The van der Waals surface area contributed by atoms with Crippen LogP contribution in [0.5, 0.6) is 0 Å². The van der Waals surface area contributed by atoms with Gasteiger partial charge in [-0.1, -0.05) is 66.9 Å². The fraction of sp³-hybridized carbons (Fsp3) is 0.333. The molecule has 7 nitrogen and oxygen atoms in total. The maximum atomic E-state index is 14.6. The molecule has 0 spiro atoms. The minimum atomic E-state index is -4.15. The topological polar surface area (TPSA) is 86.8 Å². The van der Waals surface area contributed by atoms with Crippen molar-refractivity contribution < 1.29 is 22.4 Å². The van der Waals surface area contributed by atoms with Gasteiger partial charge in [-0.3, -0.25) is 13.9 Å². The van der Waals surface area contributed by atoms with Gasteiger partial charge < -0.3 is 10.2 Å². The summed E-state index contributed by atoms with van der Waals surface area (Å²) in [6.07, 6.45) is 1.66. The fourth-order valence-electron chi connectivity index (χ4n) is 4.01. The summed E-state index contributed by atoms with van der Waals surface area (Å²) in [5.41, 5.74) is 2.35. The molecule has 2 amide bonds. The average molecular weight is 554 g/mol. The van der Waals surface area contributed by atoms with E-state index in [1.54, 1.807) is 55.5 Å². The van der Waals surface area contributed by atoms with E-state index in [-0.39, 0.29) is 17.0 Å². The normalized spacial score (nSPS) is 12.0. The molecule has 0 aliphatic carbocycles. The Kier molecular flexibility index (Phi) is 10.2. The Labute approximate surface area is 230 Å².